The van der Waals surface area contributed by atoms with E-state index >= 15 is 0 Å². The number of aryl methyl sites for hydroxylation is 1. The van der Waals surface area contributed by atoms with E-state index in [1.54, 1.807) is 44.3 Å². The van der Waals surface area contributed by atoms with Crippen LogP contribution in [-0.2, 0) is 0 Å². The molecule has 1 aliphatic rings. The smallest absolute Gasteiger partial charge is 0.260 e. The number of rotatable bonds is 5. The highest BCUT2D eigenvalue weighted by molar-refractivity contribution is 7.10. The van der Waals surface area contributed by atoms with Crippen LogP contribution in [0.25, 0.3) is 0 Å². The summed E-state index contributed by atoms with van der Waals surface area (Å²) in [7, 11) is 1.70. The molecule has 4 nitrogen and oxygen atoms in total. The summed E-state index contributed by atoms with van der Waals surface area (Å²) in [6, 6.07) is 8.70. The molecule has 1 heterocycles. The highest BCUT2D eigenvalue weighted by Crippen LogP contribution is 2.61. The maximum absolute atomic E-state index is 14.0. The molecule has 7 heteroatoms. The zero-order valence-electron chi connectivity index (χ0n) is 12.8. The molecule has 2 aromatic rings. The SMILES string of the molecule is CNc1snc(C)c1C(=O)NC[C@@H]1[C@@H](c2ccccc2)C1(F)F. The third-order valence-corrected chi connectivity index (χ3v) is 5.12. The van der Waals surface area contributed by atoms with Gasteiger partial charge in [-0.3, -0.25) is 4.79 Å². The number of nitrogens with zero attached hydrogens (tertiary/aromatic N) is 1. The lowest BCUT2D eigenvalue weighted by Gasteiger charge is -2.06. The van der Waals surface area contributed by atoms with Gasteiger partial charge in [0.2, 0.25) is 0 Å². The third kappa shape index (κ3) is 2.81. The molecule has 2 N–H and O–H groups in total. The number of halogens is 2. The van der Waals surface area contributed by atoms with Crippen LogP contribution in [0.15, 0.2) is 30.3 Å². The Kier molecular flexibility index (Phi) is 4.06. The minimum absolute atomic E-state index is 0.0518. The molecule has 0 bridgehead atoms. The van der Waals surface area contributed by atoms with Crippen LogP contribution in [0.5, 0.6) is 0 Å². The number of hydrogen-bond acceptors (Lipinski definition) is 4. The summed E-state index contributed by atoms with van der Waals surface area (Å²) in [6.45, 7) is 1.68. The van der Waals surface area contributed by atoms with Gasteiger partial charge >= 0.3 is 0 Å². The summed E-state index contributed by atoms with van der Waals surface area (Å²) >= 11 is 1.18. The zero-order valence-corrected chi connectivity index (χ0v) is 13.6. The Morgan fingerprint density at radius 2 is 2.04 bits per heavy atom. The number of alkyl halides is 2. The van der Waals surface area contributed by atoms with E-state index < -0.39 is 17.8 Å². The molecule has 1 saturated carbocycles. The lowest BCUT2D eigenvalue weighted by Crippen LogP contribution is -2.27. The van der Waals surface area contributed by atoms with E-state index in [1.165, 1.54) is 11.5 Å². The van der Waals surface area contributed by atoms with Gasteiger partial charge in [0.15, 0.2) is 0 Å². The fourth-order valence-corrected chi connectivity index (χ4v) is 3.60. The van der Waals surface area contributed by atoms with Crippen LogP contribution in [-0.4, -0.2) is 29.8 Å². The number of anilines is 1. The highest BCUT2D eigenvalue weighted by Gasteiger charge is 2.68. The summed E-state index contributed by atoms with van der Waals surface area (Å²) in [4.78, 5) is 12.3. The Morgan fingerprint density at radius 1 is 1.35 bits per heavy atom. The van der Waals surface area contributed by atoms with E-state index in [-0.39, 0.29) is 12.5 Å². The van der Waals surface area contributed by atoms with Crippen LogP contribution < -0.4 is 10.6 Å². The number of aromatic nitrogens is 1. The number of amides is 1. The molecule has 0 unspecified atom stereocenters. The van der Waals surface area contributed by atoms with Gasteiger partial charge in [-0.1, -0.05) is 30.3 Å². The maximum atomic E-state index is 14.0. The monoisotopic (exact) mass is 337 g/mol. The molecule has 1 fully saturated rings. The van der Waals surface area contributed by atoms with E-state index in [2.05, 4.69) is 15.0 Å². The van der Waals surface area contributed by atoms with Crippen LogP contribution in [0, 0.1) is 12.8 Å². The summed E-state index contributed by atoms with van der Waals surface area (Å²) in [5.74, 6) is -4.83. The van der Waals surface area contributed by atoms with Gasteiger partial charge < -0.3 is 10.6 Å². The number of hydrogen-bond donors (Lipinski definition) is 2. The normalized spacial score (nSPS) is 21.7. The van der Waals surface area contributed by atoms with Crippen molar-refractivity contribution in [2.45, 2.75) is 18.8 Å². The van der Waals surface area contributed by atoms with Crippen LogP contribution >= 0.6 is 11.5 Å². The maximum Gasteiger partial charge on any atom is 0.260 e. The quantitative estimate of drug-likeness (QED) is 0.880. The average Bonchev–Trinajstić information content (AvgIpc) is 2.88. The first-order chi connectivity index (χ1) is 11.0. The molecular formula is C16H17F2N3OS. The molecular weight excluding hydrogens is 320 g/mol. The van der Waals surface area contributed by atoms with Gasteiger partial charge in [-0.2, -0.15) is 4.37 Å². The predicted octanol–water partition coefficient (Wildman–Crippen LogP) is 3.27. The van der Waals surface area contributed by atoms with Crippen molar-refractivity contribution in [2.75, 3.05) is 18.9 Å². The largest absolute Gasteiger partial charge is 0.378 e. The Morgan fingerprint density at radius 3 is 2.70 bits per heavy atom. The molecule has 23 heavy (non-hydrogen) atoms. The minimum Gasteiger partial charge on any atom is -0.378 e. The number of carbonyl (C=O) groups is 1. The van der Waals surface area contributed by atoms with Crippen LogP contribution in [0.4, 0.5) is 13.8 Å². The highest BCUT2D eigenvalue weighted by atomic mass is 32.1. The first-order valence-corrected chi connectivity index (χ1v) is 8.09. The summed E-state index contributed by atoms with van der Waals surface area (Å²) in [5, 5.41) is 6.17. The Hall–Kier alpha value is -2.02. The van der Waals surface area contributed by atoms with E-state index in [0.717, 1.165) is 0 Å². The molecule has 1 aromatic carbocycles. The summed E-state index contributed by atoms with van der Waals surface area (Å²) in [6.07, 6.45) is 0. The minimum atomic E-state index is -2.78. The molecule has 2 atom stereocenters. The van der Waals surface area contributed by atoms with Gasteiger partial charge in [0, 0.05) is 13.6 Å². The molecule has 0 spiro atoms. The van der Waals surface area contributed by atoms with E-state index in [4.69, 9.17) is 0 Å². The third-order valence-electron chi connectivity index (χ3n) is 4.16. The van der Waals surface area contributed by atoms with E-state index in [0.29, 0.717) is 21.8 Å². The second kappa shape index (κ2) is 5.88. The van der Waals surface area contributed by atoms with Crippen LogP contribution in [0.2, 0.25) is 0 Å². The van der Waals surface area contributed by atoms with Crippen molar-refractivity contribution in [1.82, 2.24) is 9.69 Å². The second-order valence-electron chi connectivity index (χ2n) is 5.60. The van der Waals surface area contributed by atoms with E-state index in [1.807, 2.05) is 0 Å². The predicted molar refractivity (Wildman–Crippen MR) is 86.4 cm³/mol. The Balaban J connectivity index is 1.67. The van der Waals surface area contributed by atoms with Crippen molar-refractivity contribution in [1.29, 1.82) is 0 Å². The van der Waals surface area contributed by atoms with Crippen LogP contribution in [0.1, 0.15) is 27.5 Å². The molecule has 122 valence electrons. The van der Waals surface area contributed by atoms with Gasteiger partial charge in [0.05, 0.1) is 23.1 Å². The first-order valence-electron chi connectivity index (χ1n) is 7.31. The molecule has 1 aliphatic carbocycles. The van der Waals surface area contributed by atoms with E-state index in [9.17, 15) is 13.6 Å². The van der Waals surface area contributed by atoms with Crippen molar-refractivity contribution in [3.8, 4) is 0 Å². The molecule has 1 amide bonds. The topological polar surface area (TPSA) is 54.0 Å². The molecule has 3 rings (SSSR count). The number of benzene rings is 1. The lowest BCUT2D eigenvalue weighted by atomic mass is 10.1. The van der Waals surface area contributed by atoms with Gasteiger partial charge in [-0.05, 0) is 24.0 Å². The number of nitrogens with one attached hydrogen (secondary N) is 2. The van der Waals surface area contributed by atoms with Gasteiger partial charge in [-0.25, -0.2) is 8.78 Å². The summed E-state index contributed by atoms with van der Waals surface area (Å²) in [5.41, 5.74) is 1.64. The fourth-order valence-electron chi connectivity index (χ4n) is 2.86. The fraction of sp³-hybridized carbons (Fsp3) is 0.375. The summed E-state index contributed by atoms with van der Waals surface area (Å²) < 4.78 is 32.1. The average molecular weight is 337 g/mol. The van der Waals surface area contributed by atoms with Crippen LogP contribution in [0.3, 0.4) is 0 Å². The zero-order chi connectivity index (χ0) is 16.6. The Labute approximate surface area is 137 Å². The van der Waals surface area contributed by atoms with Gasteiger partial charge in [0.1, 0.15) is 5.00 Å². The van der Waals surface area contributed by atoms with Crippen molar-refractivity contribution in [3.63, 3.8) is 0 Å². The van der Waals surface area contributed by atoms with Crippen molar-refractivity contribution >= 4 is 22.4 Å². The van der Waals surface area contributed by atoms with Gasteiger partial charge in [0.25, 0.3) is 11.8 Å². The van der Waals surface area contributed by atoms with Crippen molar-refractivity contribution < 1.29 is 13.6 Å². The second-order valence-corrected chi connectivity index (χ2v) is 6.37. The van der Waals surface area contributed by atoms with Crippen molar-refractivity contribution in [3.05, 3.63) is 47.2 Å². The standard InChI is InChI=1S/C16H17F2N3OS/c1-9-12(15(19-2)23-21-9)14(22)20-8-11-13(16(11,17)18)10-6-4-3-5-7-10/h3-7,11,13,19H,8H2,1-2H3,(H,20,22)/t11-,13-/m1/s1. The molecule has 0 aliphatic heterocycles. The number of carbonyl (C=O) groups excluding carboxylic acids is 1. The molecule has 0 saturated heterocycles. The molecule has 0 radical (unpaired) electrons. The molecule has 1 aromatic heterocycles. The first kappa shape index (κ1) is 15.9. The lowest BCUT2D eigenvalue weighted by molar-refractivity contribution is 0.0874. The van der Waals surface area contributed by atoms with Crippen molar-refractivity contribution in [2.24, 2.45) is 5.92 Å². The Bertz CT molecular complexity index is 717. The van der Waals surface area contributed by atoms with Gasteiger partial charge in [-0.15, -0.1) is 0 Å².